The first-order chi connectivity index (χ1) is 9.15. The molecule has 1 fully saturated rings. The zero-order valence-electron chi connectivity index (χ0n) is 11.6. The normalized spacial score (nSPS) is 25.5. The summed E-state index contributed by atoms with van der Waals surface area (Å²) in [5, 5.41) is 3.35. The number of rotatable bonds is 2. The van der Waals surface area contributed by atoms with E-state index in [9.17, 15) is 4.79 Å². The van der Waals surface area contributed by atoms with E-state index in [1.165, 1.54) is 5.56 Å². The number of benzene rings is 1. The van der Waals surface area contributed by atoms with Crippen molar-refractivity contribution < 1.29 is 4.79 Å². The average Bonchev–Trinajstić information content (AvgIpc) is 3.04. The minimum absolute atomic E-state index is 0.0710. The molecule has 1 aromatic rings. The summed E-state index contributed by atoms with van der Waals surface area (Å²) >= 11 is 0. The molecule has 0 bridgehead atoms. The highest BCUT2D eigenvalue weighted by atomic mass is 16.2. The lowest BCUT2D eigenvalue weighted by atomic mass is 10.1. The van der Waals surface area contributed by atoms with Crippen LogP contribution in [-0.2, 0) is 11.2 Å². The van der Waals surface area contributed by atoms with Crippen molar-refractivity contribution in [2.45, 2.75) is 24.9 Å². The number of nitrogens with one attached hydrogen (secondary N) is 1. The molecule has 2 atom stereocenters. The van der Waals surface area contributed by atoms with Crippen LogP contribution in [-0.4, -0.2) is 55.0 Å². The van der Waals surface area contributed by atoms with E-state index in [2.05, 4.69) is 36.4 Å². The predicted molar refractivity (Wildman–Crippen MR) is 76.2 cm³/mol. The maximum absolute atomic E-state index is 12.5. The number of fused-ring (bicyclic) bond motifs is 1. The maximum Gasteiger partial charge on any atom is 0.245 e. The van der Waals surface area contributed by atoms with E-state index < -0.39 is 0 Å². The molecule has 0 radical (unpaired) electrons. The number of anilines is 1. The number of para-hydroxylation sites is 1. The fourth-order valence-corrected chi connectivity index (χ4v) is 3.03. The van der Waals surface area contributed by atoms with Gasteiger partial charge in [-0.25, -0.2) is 0 Å². The minimum atomic E-state index is -0.0710. The summed E-state index contributed by atoms with van der Waals surface area (Å²) in [6.07, 6.45) is 1.90. The third-order valence-electron chi connectivity index (χ3n) is 4.27. The summed E-state index contributed by atoms with van der Waals surface area (Å²) in [7, 11) is 4.17. The Kier molecular flexibility index (Phi) is 3.19. The number of nitrogens with zero attached hydrogens (tertiary/aromatic N) is 2. The molecule has 0 aromatic heterocycles. The molecule has 2 heterocycles. The maximum atomic E-state index is 12.5. The highest BCUT2D eigenvalue weighted by Gasteiger charge is 2.34. The van der Waals surface area contributed by atoms with Gasteiger partial charge in [-0.05, 0) is 32.1 Å². The number of carbonyl (C=O) groups excluding carboxylic acids is 1. The van der Waals surface area contributed by atoms with Gasteiger partial charge in [0.2, 0.25) is 5.91 Å². The van der Waals surface area contributed by atoms with E-state index in [4.69, 9.17) is 0 Å². The molecule has 4 nitrogen and oxygen atoms in total. The van der Waals surface area contributed by atoms with Gasteiger partial charge >= 0.3 is 0 Å². The van der Waals surface area contributed by atoms with Crippen molar-refractivity contribution in [1.29, 1.82) is 0 Å². The number of likely N-dealkylation sites (tertiary alicyclic amines) is 1. The first kappa shape index (κ1) is 12.5. The fraction of sp³-hybridized carbons (Fsp3) is 0.533. The molecule has 0 saturated carbocycles. The minimum Gasteiger partial charge on any atom is -0.373 e. The second-order valence-corrected chi connectivity index (χ2v) is 5.75. The summed E-state index contributed by atoms with van der Waals surface area (Å²) in [4.78, 5) is 16.7. The van der Waals surface area contributed by atoms with E-state index in [0.29, 0.717) is 6.04 Å². The molecule has 19 heavy (non-hydrogen) atoms. The molecule has 0 unspecified atom stereocenters. The van der Waals surface area contributed by atoms with E-state index in [-0.39, 0.29) is 11.9 Å². The Morgan fingerprint density at radius 2 is 2.16 bits per heavy atom. The fourth-order valence-electron chi connectivity index (χ4n) is 3.03. The quantitative estimate of drug-likeness (QED) is 0.866. The van der Waals surface area contributed by atoms with Crippen molar-refractivity contribution in [2.24, 2.45) is 0 Å². The highest BCUT2D eigenvalue weighted by Crippen LogP contribution is 2.27. The van der Waals surface area contributed by atoms with Gasteiger partial charge in [0, 0.05) is 31.2 Å². The van der Waals surface area contributed by atoms with E-state index >= 15 is 0 Å². The SMILES string of the molecule is CN(C)[C@@H]1CCN(C(=O)[C@@H]2Cc3ccccc3N2)C1. The number of amides is 1. The topological polar surface area (TPSA) is 35.6 Å². The molecule has 0 spiro atoms. The predicted octanol–water partition coefficient (Wildman–Crippen LogP) is 1.19. The summed E-state index contributed by atoms with van der Waals surface area (Å²) in [5.74, 6) is 0.251. The van der Waals surface area contributed by atoms with Crippen LogP contribution < -0.4 is 5.32 Å². The monoisotopic (exact) mass is 259 g/mol. The van der Waals surface area contributed by atoms with Gasteiger partial charge in [0.05, 0.1) is 0 Å². The summed E-state index contributed by atoms with van der Waals surface area (Å²) in [5.41, 5.74) is 2.37. The first-order valence-corrected chi connectivity index (χ1v) is 6.95. The van der Waals surface area contributed by atoms with Crippen LogP contribution in [0.15, 0.2) is 24.3 Å². The molecule has 1 saturated heterocycles. The molecule has 4 heteroatoms. The van der Waals surface area contributed by atoms with E-state index in [1.807, 2.05) is 17.0 Å². The lowest BCUT2D eigenvalue weighted by Gasteiger charge is -2.23. The molecular formula is C15H21N3O. The van der Waals surface area contributed by atoms with Crippen LogP contribution in [0.5, 0.6) is 0 Å². The first-order valence-electron chi connectivity index (χ1n) is 6.95. The molecule has 2 aliphatic heterocycles. The van der Waals surface area contributed by atoms with Crippen molar-refractivity contribution in [3.05, 3.63) is 29.8 Å². The van der Waals surface area contributed by atoms with Crippen LogP contribution in [0.3, 0.4) is 0 Å². The Bertz CT molecular complexity index is 461. The Morgan fingerprint density at radius 3 is 2.84 bits per heavy atom. The Morgan fingerprint density at radius 1 is 1.37 bits per heavy atom. The van der Waals surface area contributed by atoms with Gasteiger partial charge in [-0.2, -0.15) is 0 Å². The number of likely N-dealkylation sites (N-methyl/N-ethyl adjacent to an activating group) is 1. The van der Waals surface area contributed by atoms with Crippen LogP contribution in [0.2, 0.25) is 0 Å². The Hall–Kier alpha value is -1.55. The molecule has 3 rings (SSSR count). The lowest BCUT2D eigenvalue weighted by molar-refractivity contribution is -0.131. The molecular weight excluding hydrogens is 238 g/mol. The van der Waals surface area contributed by atoms with Crippen LogP contribution in [0, 0.1) is 0 Å². The summed E-state index contributed by atoms with van der Waals surface area (Å²) < 4.78 is 0. The van der Waals surface area contributed by atoms with Gasteiger partial charge in [-0.1, -0.05) is 18.2 Å². The Labute approximate surface area is 114 Å². The second kappa shape index (κ2) is 4.85. The second-order valence-electron chi connectivity index (χ2n) is 5.75. The van der Waals surface area contributed by atoms with E-state index in [1.54, 1.807) is 0 Å². The van der Waals surface area contributed by atoms with Gasteiger partial charge in [0.25, 0.3) is 0 Å². The van der Waals surface area contributed by atoms with Crippen molar-refractivity contribution in [2.75, 3.05) is 32.5 Å². The van der Waals surface area contributed by atoms with E-state index in [0.717, 1.165) is 31.6 Å². The lowest BCUT2D eigenvalue weighted by Crippen LogP contribution is -2.42. The largest absolute Gasteiger partial charge is 0.373 e. The third kappa shape index (κ3) is 2.32. The highest BCUT2D eigenvalue weighted by molar-refractivity contribution is 5.87. The number of hydrogen-bond donors (Lipinski definition) is 1. The van der Waals surface area contributed by atoms with Crippen molar-refractivity contribution in [1.82, 2.24) is 9.80 Å². The van der Waals surface area contributed by atoms with Gasteiger partial charge in [0.1, 0.15) is 6.04 Å². The number of carbonyl (C=O) groups is 1. The zero-order valence-corrected chi connectivity index (χ0v) is 11.6. The van der Waals surface area contributed by atoms with Gasteiger partial charge in [-0.3, -0.25) is 4.79 Å². The van der Waals surface area contributed by atoms with Crippen LogP contribution in [0.4, 0.5) is 5.69 Å². The van der Waals surface area contributed by atoms with Crippen molar-refractivity contribution in [3.8, 4) is 0 Å². The third-order valence-corrected chi connectivity index (χ3v) is 4.27. The van der Waals surface area contributed by atoms with Gasteiger partial charge in [-0.15, -0.1) is 0 Å². The molecule has 1 amide bonds. The number of hydrogen-bond acceptors (Lipinski definition) is 3. The summed E-state index contributed by atoms with van der Waals surface area (Å²) in [6, 6.07) is 8.63. The standard InChI is InChI=1S/C15H21N3O/c1-17(2)12-7-8-18(10-12)15(19)14-9-11-5-3-4-6-13(11)16-14/h3-6,12,14,16H,7-10H2,1-2H3/t12-,14+/m1/s1. The van der Waals surface area contributed by atoms with Crippen molar-refractivity contribution in [3.63, 3.8) is 0 Å². The molecule has 1 aromatic carbocycles. The average molecular weight is 259 g/mol. The molecule has 1 N–H and O–H groups in total. The summed E-state index contributed by atoms with van der Waals surface area (Å²) in [6.45, 7) is 1.75. The van der Waals surface area contributed by atoms with Gasteiger partial charge in [0.15, 0.2) is 0 Å². The van der Waals surface area contributed by atoms with Crippen LogP contribution in [0.25, 0.3) is 0 Å². The molecule has 2 aliphatic rings. The smallest absolute Gasteiger partial charge is 0.245 e. The Balaban J connectivity index is 1.64. The van der Waals surface area contributed by atoms with Crippen LogP contribution >= 0.6 is 0 Å². The molecule has 102 valence electrons. The van der Waals surface area contributed by atoms with Crippen LogP contribution in [0.1, 0.15) is 12.0 Å². The molecule has 0 aliphatic carbocycles. The van der Waals surface area contributed by atoms with Gasteiger partial charge < -0.3 is 15.1 Å². The van der Waals surface area contributed by atoms with Crippen molar-refractivity contribution >= 4 is 11.6 Å². The zero-order chi connectivity index (χ0) is 13.4.